The number of nitrogens with two attached hydrogens (primary N) is 1. The molecule has 5 N–H and O–H groups in total. The molecule has 0 spiro atoms. The molecule has 1 unspecified atom stereocenters. The van der Waals surface area contributed by atoms with Crippen molar-refractivity contribution >= 4 is 23.8 Å². The molecule has 7 heteroatoms. The first-order chi connectivity index (χ1) is 12.5. The van der Waals surface area contributed by atoms with Crippen LogP contribution in [0.25, 0.3) is 0 Å². The lowest BCUT2D eigenvalue weighted by atomic mass is 9.93. The summed E-state index contributed by atoms with van der Waals surface area (Å²) >= 11 is 0. The van der Waals surface area contributed by atoms with Crippen molar-refractivity contribution in [2.24, 2.45) is 10.7 Å². The summed E-state index contributed by atoms with van der Waals surface area (Å²) in [6.45, 7) is 2.30. The van der Waals surface area contributed by atoms with Gasteiger partial charge in [-0.3, -0.25) is 4.79 Å². The summed E-state index contributed by atoms with van der Waals surface area (Å²) in [6.07, 6.45) is 0.801. The average Bonchev–Trinajstić information content (AvgIpc) is 2.66. The number of nitrogens with one attached hydrogen (secondary N) is 3. The van der Waals surface area contributed by atoms with Gasteiger partial charge in [0.2, 0.25) is 0 Å². The second-order valence-electron chi connectivity index (χ2n) is 6.29. The molecule has 1 aliphatic heterocycles. The smallest absolute Gasteiger partial charge is 0.252 e. The highest BCUT2D eigenvalue weighted by molar-refractivity contribution is 5.94. The minimum atomic E-state index is -1.02. The number of anilines is 1. The zero-order chi connectivity index (χ0) is 18.6. The number of guanidine groups is 1. The van der Waals surface area contributed by atoms with Gasteiger partial charge in [0.25, 0.3) is 5.91 Å². The molecule has 7 nitrogen and oxygen atoms in total. The van der Waals surface area contributed by atoms with Crippen LogP contribution in [0, 0.1) is 0 Å². The summed E-state index contributed by atoms with van der Waals surface area (Å²) in [5.41, 5.74) is 7.87. The van der Waals surface area contributed by atoms with Crippen molar-refractivity contribution in [3.05, 3.63) is 65.2 Å². The lowest BCUT2D eigenvalue weighted by molar-refractivity contribution is -0.112. The van der Waals surface area contributed by atoms with Crippen LogP contribution in [0.4, 0.5) is 5.69 Å². The zero-order valence-corrected chi connectivity index (χ0v) is 14.5. The molecule has 3 rings (SSSR count). The first-order valence-electron chi connectivity index (χ1n) is 8.26. The summed E-state index contributed by atoms with van der Waals surface area (Å²) in [7, 11) is 0. The van der Waals surface area contributed by atoms with E-state index in [9.17, 15) is 9.59 Å². The van der Waals surface area contributed by atoms with Crippen LogP contribution in [0.1, 0.15) is 28.4 Å². The van der Waals surface area contributed by atoms with Gasteiger partial charge >= 0.3 is 0 Å². The molecule has 4 bridgehead atoms. The van der Waals surface area contributed by atoms with E-state index in [-0.39, 0.29) is 18.5 Å². The summed E-state index contributed by atoms with van der Waals surface area (Å²) < 4.78 is 0. The van der Waals surface area contributed by atoms with Gasteiger partial charge in [-0.1, -0.05) is 24.3 Å². The molecule has 134 valence electrons. The number of carbonyl (C=O) groups excluding carboxylic acids is 2. The minimum absolute atomic E-state index is 0.155. The van der Waals surface area contributed by atoms with Gasteiger partial charge < -0.3 is 26.5 Å². The summed E-state index contributed by atoms with van der Waals surface area (Å²) in [5.74, 6) is -0.0270. The summed E-state index contributed by atoms with van der Waals surface area (Å²) in [5, 5.41) is 8.93. The van der Waals surface area contributed by atoms with Gasteiger partial charge in [0, 0.05) is 11.3 Å². The van der Waals surface area contributed by atoms with Crippen LogP contribution in [-0.4, -0.2) is 24.8 Å². The third kappa shape index (κ3) is 3.83. The van der Waals surface area contributed by atoms with Crippen LogP contribution in [0.5, 0.6) is 0 Å². The molecule has 0 saturated carbocycles. The van der Waals surface area contributed by atoms with E-state index in [1.807, 2.05) is 30.3 Å². The fourth-order valence-corrected chi connectivity index (χ4v) is 2.74. The van der Waals surface area contributed by atoms with E-state index in [4.69, 9.17) is 5.73 Å². The molecule has 2 aromatic carbocycles. The standard InChI is InChI=1S/C19H21N5O2/c1-19(11-25)15-6-3-7-16(9-15)22-12-23-17(26)14-5-2-4-13(8-14)10-21-18(20)24-19/h2-9,11,22H,10,12H2,1H3,(H,23,26)(H3,20,21,24). The Morgan fingerprint density at radius 2 is 1.96 bits per heavy atom. The number of aldehydes is 1. The van der Waals surface area contributed by atoms with Crippen molar-refractivity contribution in [3.8, 4) is 0 Å². The maximum atomic E-state index is 12.3. The van der Waals surface area contributed by atoms with E-state index in [1.54, 1.807) is 25.1 Å². The predicted molar refractivity (Wildman–Crippen MR) is 101 cm³/mol. The van der Waals surface area contributed by atoms with Crippen LogP contribution in [0.2, 0.25) is 0 Å². The van der Waals surface area contributed by atoms with Gasteiger partial charge in [0.05, 0.1) is 13.2 Å². The lowest BCUT2D eigenvalue weighted by Gasteiger charge is -2.26. The molecule has 1 amide bonds. The zero-order valence-electron chi connectivity index (χ0n) is 14.5. The first kappa shape index (κ1) is 17.5. The summed E-state index contributed by atoms with van der Waals surface area (Å²) in [4.78, 5) is 28.3. The molecule has 0 aromatic heterocycles. The maximum Gasteiger partial charge on any atom is 0.252 e. The van der Waals surface area contributed by atoms with Gasteiger partial charge in [-0.15, -0.1) is 0 Å². The Morgan fingerprint density at radius 3 is 2.77 bits per heavy atom. The molecule has 1 aliphatic rings. The molecular weight excluding hydrogens is 330 g/mol. The van der Waals surface area contributed by atoms with Crippen molar-refractivity contribution in [3.63, 3.8) is 0 Å². The van der Waals surface area contributed by atoms with Gasteiger partial charge in [-0.05, 0) is 42.3 Å². The molecule has 26 heavy (non-hydrogen) atoms. The second kappa shape index (κ2) is 7.26. The molecule has 0 aliphatic carbocycles. The molecule has 2 aromatic rings. The maximum absolute atomic E-state index is 12.3. The van der Waals surface area contributed by atoms with Crippen LogP contribution in [0.15, 0.2) is 53.5 Å². The molecule has 0 saturated heterocycles. The van der Waals surface area contributed by atoms with Crippen molar-refractivity contribution in [2.45, 2.75) is 19.0 Å². The number of aliphatic imine (C=N–C) groups is 1. The highest BCUT2D eigenvalue weighted by Gasteiger charge is 2.27. The Balaban J connectivity index is 1.99. The van der Waals surface area contributed by atoms with Crippen molar-refractivity contribution in [2.75, 3.05) is 12.0 Å². The largest absolute Gasteiger partial charge is 0.370 e. The Morgan fingerprint density at radius 1 is 1.15 bits per heavy atom. The van der Waals surface area contributed by atoms with Crippen molar-refractivity contribution < 1.29 is 9.59 Å². The van der Waals surface area contributed by atoms with Gasteiger partial charge in [-0.25, -0.2) is 4.99 Å². The number of benzene rings is 2. The number of hydrogen-bond acceptors (Lipinski definition) is 6. The second-order valence-corrected chi connectivity index (χ2v) is 6.29. The predicted octanol–water partition coefficient (Wildman–Crippen LogP) is 1.32. The topological polar surface area (TPSA) is 109 Å². The Bertz CT molecular complexity index is 865. The molecule has 1 atom stereocenters. The molecule has 0 radical (unpaired) electrons. The quantitative estimate of drug-likeness (QED) is 0.580. The fraction of sp³-hybridized carbons (Fsp3) is 0.211. The SMILES string of the molecule is CC1(C=O)NC(N)=NCc2cccc(c2)C(=O)NCNc2cccc1c2. The van der Waals surface area contributed by atoms with Crippen LogP contribution < -0.4 is 21.7 Å². The Kier molecular flexibility index (Phi) is 4.88. The Labute approximate surface area is 151 Å². The van der Waals surface area contributed by atoms with E-state index in [1.165, 1.54) is 0 Å². The molecule has 0 fully saturated rings. The van der Waals surface area contributed by atoms with Crippen molar-refractivity contribution in [1.82, 2.24) is 10.6 Å². The van der Waals surface area contributed by atoms with Crippen molar-refractivity contribution in [1.29, 1.82) is 0 Å². The highest BCUT2D eigenvalue weighted by Crippen LogP contribution is 2.22. The third-order valence-corrected chi connectivity index (χ3v) is 4.25. The molecule has 1 heterocycles. The average molecular weight is 351 g/mol. The number of hydrogen-bond donors (Lipinski definition) is 4. The Hall–Kier alpha value is -3.35. The van der Waals surface area contributed by atoms with Crippen LogP contribution >= 0.6 is 0 Å². The summed E-state index contributed by atoms with van der Waals surface area (Å²) in [6, 6.07) is 14.5. The van der Waals surface area contributed by atoms with E-state index < -0.39 is 5.54 Å². The monoisotopic (exact) mass is 351 g/mol. The van der Waals surface area contributed by atoms with E-state index in [2.05, 4.69) is 20.9 Å². The number of amides is 1. The van der Waals surface area contributed by atoms with E-state index in [0.29, 0.717) is 12.1 Å². The minimum Gasteiger partial charge on any atom is -0.370 e. The van der Waals surface area contributed by atoms with Gasteiger partial charge in [-0.2, -0.15) is 0 Å². The number of nitrogens with zero attached hydrogens (tertiary/aromatic N) is 1. The van der Waals surface area contributed by atoms with Crippen LogP contribution in [-0.2, 0) is 16.9 Å². The normalized spacial score (nSPS) is 20.3. The van der Waals surface area contributed by atoms with Crippen LogP contribution in [0.3, 0.4) is 0 Å². The highest BCUT2D eigenvalue weighted by atomic mass is 16.1. The number of fused-ring (bicyclic) bond motifs is 4. The third-order valence-electron chi connectivity index (χ3n) is 4.25. The molecular formula is C19H21N5O2. The van der Waals surface area contributed by atoms with E-state index in [0.717, 1.165) is 23.1 Å². The fourth-order valence-electron chi connectivity index (χ4n) is 2.74. The first-order valence-corrected chi connectivity index (χ1v) is 8.26. The number of rotatable bonds is 1. The van der Waals surface area contributed by atoms with Gasteiger partial charge in [0.1, 0.15) is 11.8 Å². The van der Waals surface area contributed by atoms with E-state index >= 15 is 0 Å². The van der Waals surface area contributed by atoms with Gasteiger partial charge in [0.15, 0.2) is 5.96 Å². The number of carbonyl (C=O) groups is 2. The lowest BCUT2D eigenvalue weighted by Crippen LogP contribution is -2.48.